The second-order valence-electron chi connectivity index (χ2n) is 8.09. The van der Waals surface area contributed by atoms with Gasteiger partial charge < -0.3 is 14.6 Å². The van der Waals surface area contributed by atoms with Gasteiger partial charge in [0, 0.05) is 25.5 Å². The Morgan fingerprint density at radius 2 is 1.93 bits per heavy atom. The fourth-order valence-electron chi connectivity index (χ4n) is 4.18. The van der Waals surface area contributed by atoms with Crippen molar-refractivity contribution in [1.82, 2.24) is 24.9 Å². The van der Waals surface area contributed by atoms with Gasteiger partial charge in [0.25, 0.3) is 5.89 Å². The van der Waals surface area contributed by atoms with Crippen molar-refractivity contribution in [3.63, 3.8) is 0 Å². The van der Waals surface area contributed by atoms with Crippen molar-refractivity contribution in [2.24, 2.45) is 12.5 Å². The number of anilines is 1. The molecule has 5 rings (SSSR count). The summed E-state index contributed by atoms with van der Waals surface area (Å²) in [7, 11) is 1.85. The number of piperidine rings is 1. The number of carbonyl (C=O) groups is 1. The van der Waals surface area contributed by atoms with Crippen LogP contribution in [-0.2, 0) is 11.8 Å². The number of rotatable bonds is 4. The Hall–Kier alpha value is -2.90. The first-order chi connectivity index (χ1) is 13.5. The minimum absolute atomic E-state index is 0.0845. The summed E-state index contributed by atoms with van der Waals surface area (Å²) in [6, 6.07) is 7.65. The van der Waals surface area contributed by atoms with Crippen molar-refractivity contribution in [3.05, 3.63) is 24.3 Å². The topological polar surface area (TPSA) is 89.1 Å². The predicted octanol–water partition coefficient (Wildman–Crippen LogP) is 2.83. The summed E-state index contributed by atoms with van der Waals surface area (Å²) in [4.78, 5) is 14.7. The highest BCUT2D eigenvalue weighted by atomic mass is 16.4. The van der Waals surface area contributed by atoms with Crippen LogP contribution in [0.1, 0.15) is 32.6 Å². The molecular formula is C20H24N6O2. The zero-order valence-corrected chi connectivity index (χ0v) is 16.2. The standard InChI is InChI=1S/C20H24N6O2/c1-13(18(27)26-11-9-20(7-8-20)10-12-26)21-19-23-22-17(28-19)16-14-5-3-4-6-15(14)24-25(16)2/h3-6,13H,7-12H2,1-2H3,(H,21,23)/t13-/m0/s1. The summed E-state index contributed by atoms with van der Waals surface area (Å²) in [5.41, 5.74) is 2.19. The van der Waals surface area contributed by atoms with E-state index in [0.29, 0.717) is 11.3 Å². The van der Waals surface area contributed by atoms with E-state index in [1.807, 2.05) is 43.1 Å². The smallest absolute Gasteiger partial charge is 0.316 e. The number of amides is 1. The lowest BCUT2D eigenvalue weighted by atomic mass is 9.93. The second-order valence-corrected chi connectivity index (χ2v) is 8.09. The maximum absolute atomic E-state index is 12.8. The lowest BCUT2D eigenvalue weighted by Crippen LogP contribution is -2.45. The van der Waals surface area contributed by atoms with Crippen LogP contribution in [-0.4, -0.2) is 49.9 Å². The molecule has 1 N–H and O–H groups in total. The monoisotopic (exact) mass is 380 g/mol. The van der Waals surface area contributed by atoms with Gasteiger partial charge in [-0.05, 0) is 44.1 Å². The quantitative estimate of drug-likeness (QED) is 0.749. The number of nitrogens with one attached hydrogen (secondary N) is 1. The molecule has 0 unspecified atom stereocenters. The SMILES string of the molecule is C[C@H](Nc1nnc(-c2c3ccccc3nn2C)o1)C(=O)N1CCC2(CC1)CC2. The van der Waals surface area contributed by atoms with Gasteiger partial charge in [-0.2, -0.15) is 5.10 Å². The summed E-state index contributed by atoms with van der Waals surface area (Å²) in [5, 5.41) is 16.7. The zero-order valence-electron chi connectivity index (χ0n) is 16.2. The van der Waals surface area contributed by atoms with Gasteiger partial charge in [-0.1, -0.05) is 23.3 Å². The van der Waals surface area contributed by atoms with Crippen LogP contribution in [0.5, 0.6) is 0 Å². The van der Waals surface area contributed by atoms with Crippen LogP contribution in [0.25, 0.3) is 22.5 Å². The van der Waals surface area contributed by atoms with E-state index in [2.05, 4.69) is 20.6 Å². The van der Waals surface area contributed by atoms with E-state index in [4.69, 9.17) is 4.42 Å². The molecule has 1 saturated heterocycles. The predicted molar refractivity (Wildman–Crippen MR) is 105 cm³/mol. The van der Waals surface area contributed by atoms with E-state index in [1.165, 1.54) is 12.8 Å². The maximum atomic E-state index is 12.8. The molecule has 1 amide bonds. The average molecular weight is 380 g/mol. The normalized spacial score (nSPS) is 19.1. The summed E-state index contributed by atoms with van der Waals surface area (Å²) in [5.74, 6) is 0.466. The average Bonchev–Trinajstić information content (AvgIpc) is 3.14. The van der Waals surface area contributed by atoms with E-state index in [-0.39, 0.29) is 11.9 Å². The molecule has 28 heavy (non-hydrogen) atoms. The molecule has 2 aliphatic rings. The summed E-state index contributed by atoms with van der Waals surface area (Å²) < 4.78 is 7.54. The maximum Gasteiger partial charge on any atom is 0.316 e. The fourth-order valence-corrected chi connectivity index (χ4v) is 4.18. The van der Waals surface area contributed by atoms with Crippen LogP contribution in [0.2, 0.25) is 0 Å². The van der Waals surface area contributed by atoms with E-state index in [1.54, 1.807) is 4.68 Å². The largest absolute Gasteiger partial charge is 0.402 e. The first kappa shape index (κ1) is 17.2. The Kier molecular flexibility index (Phi) is 3.89. The number of nitrogens with zero attached hydrogens (tertiary/aromatic N) is 5. The number of aryl methyl sites for hydroxylation is 1. The zero-order chi connectivity index (χ0) is 19.3. The number of carbonyl (C=O) groups excluding carboxylic acids is 1. The van der Waals surface area contributed by atoms with Crippen molar-refractivity contribution in [2.75, 3.05) is 18.4 Å². The first-order valence-electron chi connectivity index (χ1n) is 9.86. The van der Waals surface area contributed by atoms with Crippen LogP contribution in [0.4, 0.5) is 6.01 Å². The van der Waals surface area contributed by atoms with Crippen molar-refractivity contribution >= 4 is 22.8 Å². The third kappa shape index (κ3) is 2.93. The van der Waals surface area contributed by atoms with Gasteiger partial charge in [0.15, 0.2) is 0 Å². The van der Waals surface area contributed by atoms with Crippen molar-refractivity contribution in [2.45, 2.75) is 38.6 Å². The van der Waals surface area contributed by atoms with E-state index in [9.17, 15) is 4.79 Å². The molecule has 0 bridgehead atoms. The van der Waals surface area contributed by atoms with Gasteiger partial charge in [0.05, 0.1) is 5.52 Å². The Balaban J connectivity index is 1.29. The summed E-state index contributed by atoms with van der Waals surface area (Å²) in [6.07, 6.45) is 4.92. The molecule has 2 aromatic heterocycles. The van der Waals surface area contributed by atoms with Gasteiger partial charge in [0.1, 0.15) is 11.7 Å². The Labute approximate surface area is 162 Å². The molecule has 3 heterocycles. The first-order valence-corrected chi connectivity index (χ1v) is 9.86. The number of hydrogen-bond donors (Lipinski definition) is 1. The van der Waals surface area contributed by atoms with Crippen LogP contribution >= 0.6 is 0 Å². The van der Waals surface area contributed by atoms with Crippen LogP contribution in [0.15, 0.2) is 28.7 Å². The number of benzene rings is 1. The molecule has 3 aromatic rings. The highest BCUT2D eigenvalue weighted by Crippen LogP contribution is 2.53. The lowest BCUT2D eigenvalue weighted by molar-refractivity contribution is -0.133. The lowest BCUT2D eigenvalue weighted by Gasteiger charge is -2.33. The number of likely N-dealkylation sites (tertiary alicyclic amines) is 1. The van der Waals surface area contributed by atoms with Crippen LogP contribution in [0, 0.1) is 5.41 Å². The highest BCUT2D eigenvalue weighted by molar-refractivity contribution is 5.91. The van der Waals surface area contributed by atoms with Gasteiger partial charge in [-0.3, -0.25) is 9.48 Å². The molecule has 1 atom stereocenters. The molecule has 1 aliphatic carbocycles. The molecule has 146 valence electrons. The Morgan fingerprint density at radius 3 is 2.68 bits per heavy atom. The molecular weight excluding hydrogens is 356 g/mol. The van der Waals surface area contributed by atoms with Crippen LogP contribution in [0.3, 0.4) is 0 Å². The molecule has 0 radical (unpaired) electrons. The molecule has 8 nitrogen and oxygen atoms in total. The van der Waals surface area contributed by atoms with Gasteiger partial charge in [-0.15, -0.1) is 5.10 Å². The minimum atomic E-state index is -0.412. The van der Waals surface area contributed by atoms with Crippen molar-refractivity contribution in [1.29, 1.82) is 0 Å². The van der Waals surface area contributed by atoms with Crippen molar-refractivity contribution < 1.29 is 9.21 Å². The third-order valence-electron chi connectivity index (χ3n) is 6.17. The number of fused-ring (bicyclic) bond motifs is 1. The van der Waals surface area contributed by atoms with E-state index < -0.39 is 6.04 Å². The molecule has 1 spiro atoms. The molecule has 1 aromatic carbocycles. The summed E-state index contributed by atoms with van der Waals surface area (Å²) >= 11 is 0. The van der Waals surface area contributed by atoms with Gasteiger partial charge >= 0.3 is 6.01 Å². The van der Waals surface area contributed by atoms with Gasteiger partial charge in [0.2, 0.25) is 5.91 Å². The highest BCUT2D eigenvalue weighted by Gasteiger charge is 2.45. The minimum Gasteiger partial charge on any atom is -0.402 e. The Bertz CT molecular complexity index is 1020. The molecule has 2 fully saturated rings. The van der Waals surface area contributed by atoms with Gasteiger partial charge in [-0.25, -0.2) is 0 Å². The molecule has 8 heteroatoms. The Morgan fingerprint density at radius 1 is 1.18 bits per heavy atom. The number of hydrogen-bond acceptors (Lipinski definition) is 6. The van der Waals surface area contributed by atoms with E-state index in [0.717, 1.165) is 42.5 Å². The molecule has 1 saturated carbocycles. The third-order valence-corrected chi connectivity index (χ3v) is 6.17. The molecule has 1 aliphatic heterocycles. The van der Waals surface area contributed by atoms with Crippen molar-refractivity contribution in [3.8, 4) is 11.6 Å². The fraction of sp³-hybridized carbons (Fsp3) is 0.500. The summed E-state index contributed by atoms with van der Waals surface area (Å²) in [6.45, 7) is 3.54. The number of aromatic nitrogens is 4. The second kappa shape index (κ2) is 6.32. The van der Waals surface area contributed by atoms with Crippen LogP contribution < -0.4 is 5.32 Å². The van der Waals surface area contributed by atoms with E-state index >= 15 is 0 Å².